The molecule has 80 heavy (non-hydrogen) atoms. The molecule has 16 aromatic rings. The number of para-hydroxylation sites is 6. The van der Waals surface area contributed by atoms with E-state index in [1.165, 1.54) is 141 Å². The first kappa shape index (κ1) is 42.1. The first-order chi connectivity index (χ1) is 39.7. The van der Waals surface area contributed by atoms with Crippen LogP contribution in [0.3, 0.4) is 0 Å². The van der Waals surface area contributed by atoms with Gasteiger partial charge in [-0.3, -0.25) is 4.90 Å². The van der Waals surface area contributed by atoms with E-state index < -0.39 is 0 Å². The second kappa shape index (κ2) is 15.0. The maximum Gasteiger partial charge on any atom is 0.257 e. The van der Waals surface area contributed by atoms with Gasteiger partial charge in [0, 0.05) is 87.6 Å². The molecule has 0 bridgehead atoms. The molecule has 4 aliphatic rings. The standard InChI is InChI=1S/C72H40B2N4OS/c1-2-18-43(19-3-1)76-59-33-16-35-61-66(59)74(55-29-14-27-50-47-23-7-10-31-57(47)78(61)69(50)55)67-63-48-24-5-4-21-45(48)53-40-42(37-38-51(53)70(63)80-72(67)76)41-17-12-20-44(39-41)75-58-32-15-34-60-65(58)73(64-52-25-8-11-36-62(52)79-71(64)75)54-28-13-26-49-46-22-6-9-30-56(46)77(60)68(49)54/h1-40H. The Morgan fingerprint density at radius 3 is 1.59 bits per heavy atom. The van der Waals surface area contributed by atoms with E-state index in [4.69, 9.17) is 4.42 Å². The molecular weight excluding hydrogens is 991 g/mol. The number of rotatable bonds is 3. The van der Waals surface area contributed by atoms with Crippen LogP contribution in [0.5, 0.6) is 0 Å². The van der Waals surface area contributed by atoms with Crippen LogP contribution < -0.4 is 42.6 Å². The lowest BCUT2D eigenvalue weighted by Crippen LogP contribution is -2.60. The third-order valence-corrected chi connectivity index (χ3v) is 19.7. The molecule has 4 aromatic heterocycles. The molecule has 0 saturated carbocycles. The maximum atomic E-state index is 7.13. The topological polar surface area (TPSA) is 29.5 Å². The van der Waals surface area contributed by atoms with Gasteiger partial charge in [-0.25, -0.2) is 0 Å². The maximum absolute atomic E-state index is 7.13. The number of benzene rings is 12. The summed E-state index contributed by atoms with van der Waals surface area (Å²) in [5.41, 5.74) is 23.3. The molecular formula is C72H40B2N4OS. The summed E-state index contributed by atoms with van der Waals surface area (Å²) < 4.78 is 13.5. The van der Waals surface area contributed by atoms with Crippen LogP contribution in [0.25, 0.3) is 109 Å². The largest absolute Gasteiger partial charge is 0.440 e. The number of nitrogens with zero attached hydrogens (tertiary/aromatic N) is 4. The Kier molecular flexibility index (Phi) is 7.87. The number of fused-ring (bicyclic) bond motifs is 23. The fraction of sp³-hybridized carbons (Fsp3) is 0. The molecule has 12 aromatic carbocycles. The van der Waals surface area contributed by atoms with Crippen molar-refractivity contribution in [2.75, 3.05) is 9.80 Å². The molecule has 5 nitrogen and oxygen atoms in total. The number of hydrogen-bond acceptors (Lipinski definition) is 4. The number of anilines is 6. The lowest BCUT2D eigenvalue weighted by Gasteiger charge is -2.38. The van der Waals surface area contributed by atoms with E-state index >= 15 is 0 Å². The second-order valence-corrected chi connectivity index (χ2v) is 23.2. The van der Waals surface area contributed by atoms with Gasteiger partial charge < -0.3 is 18.5 Å². The predicted octanol–water partition coefficient (Wildman–Crippen LogP) is 15.0. The molecule has 0 N–H and O–H groups in total. The fourth-order valence-electron chi connectivity index (χ4n) is 15.5. The Morgan fingerprint density at radius 1 is 0.338 bits per heavy atom. The summed E-state index contributed by atoms with van der Waals surface area (Å²) >= 11 is 1.95. The highest BCUT2D eigenvalue weighted by Crippen LogP contribution is 2.51. The first-order valence-corrected chi connectivity index (χ1v) is 28.6. The van der Waals surface area contributed by atoms with Gasteiger partial charge in [0.05, 0.1) is 16.0 Å². The second-order valence-electron chi connectivity index (χ2n) is 22.2. The van der Waals surface area contributed by atoms with E-state index in [1.54, 1.807) is 0 Å². The highest BCUT2D eigenvalue weighted by molar-refractivity contribution is 7.27. The van der Waals surface area contributed by atoms with E-state index in [-0.39, 0.29) is 13.4 Å². The average Bonchev–Trinajstić information content (AvgIpc) is 4.41. The van der Waals surface area contributed by atoms with E-state index in [0.717, 1.165) is 33.8 Å². The van der Waals surface area contributed by atoms with Crippen LogP contribution in [-0.2, 0) is 0 Å². The molecule has 0 fully saturated rings. The summed E-state index contributed by atoms with van der Waals surface area (Å²) in [6.45, 7) is 0.0157. The van der Waals surface area contributed by atoms with Gasteiger partial charge in [0.2, 0.25) is 5.88 Å². The highest BCUT2D eigenvalue weighted by Gasteiger charge is 2.47. The third kappa shape index (κ3) is 5.08. The number of aromatic nitrogens is 2. The zero-order valence-electron chi connectivity index (χ0n) is 42.9. The smallest absolute Gasteiger partial charge is 0.257 e. The van der Waals surface area contributed by atoms with Crippen LogP contribution in [0, 0.1) is 0 Å². The Morgan fingerprint density at radius 2 is 0.875 bits per heavy atom. The van der Waals surface area contributed by atoms with Crippen LogP contribution >= 0.6 is 11.3 Å². The van der Waals surface area contributed by atoms with Crippen molar-refractivity contribution in [3.8, 4) is 22.5 Å². The molecule has 0 atom stereocenters. The van der Waals surface area contributed by atoms with Crippen LogP contribution in [0.4, 0.5) is 33.6 Å². The summed E-state index contributed by atoms with van der Waals surface area (Å²) in [6, 6.07) is 90.7. The minimum absolute atomic E-state index is 0.0113. The molecule has 4 aliphatic heterocycles. The van der Waals surface area contributed by atoms with Crippen molar-refractivity contribution in [1.82, 2.24) is 9.13 Å². The zero-order valence-corrected chi connectivity index (χ0v) is 43.7. The van der Waals surface area contributed by atoms with Gasteiger partial charge in [-0.15, -0.1) is 11.3 Å². The van der Waals surface area contributed by atoms with Gasteiger partial charge in [-0.1, -0.05) is 170 Å². The Bertz CT molecular complexity index is 5490. The van der Waals surface area contributed by atoms with Gasteiger partial charge >= 0.3 is 0 Å². The summed E-state index contributed by atoms with van der Waals surface area (Å²) in [5.74, 6) is 0.877. The Balaban J connectivity index is 0.807. The monoisotopic (exact) mass is 1030 g/mol. The lowest BCUT2D eigenvalue weighted by atomic mass is 9.34. The van der Waals surface area contributed by atoms with E-state index in [9.17, 15) is 0 Å². The molecule has 0 radical (unpaired) electrons. The SMILES string of the molecule is c1ccc(N2c3cccc4c3B(c3c2sc2c5ccc(-c6cccc(N7c8cccc9c8B(c8c7oc7ccccc87)c7cccc8c%10ccccc%10n-9c78)c6)cc5c5ccccc5c32)c2cccc3c5ccccc5n-4c23)cc1. The van der Waals surface area contributed by atoms with Crippen molar-refractivity contribution < 1.29 is 4.42 Å². The van der Waals surface area contributed by atoms with Gasteiger partial charge in [0.25, 0.3) is 13.4 Å². The fourth-order valence-corrected chi connectivity index (χ4v) is 16.9. The van der Waals surface area contributed by atoms with Crippen molar-refractivity contribution in [2.24, 2.45) is 0 Å². The number of hydrogen-bond donors (Lipinski definition) is 0. The quantitative estimate of drug-likeness (QED) is 0.130. The lowest BCUT2D eigenvalue weighted by molar-refractivity contribution is 0.623. The van der Waals surface area contributed by atoms with Crippen molar-refractivity contribution in [2.45, 2.75) is 0 Å². The molecule has 20 rings (SSSR count). The normalized spacial score (nSPS) is 13.7. The average molecular weight is 1030 g/mol. The molecule has 8 heterocycles. The molecule has 0 saturated heterocycles. The minimum atomic E-state index is -0.0113. The van der Waals surface area contributed by atoms with E-state index in [0.29, 0.717) is 0 Å². The summed E-state index contributed by atoms with van der Waals surface area (Å²) in [5, 5.41) is 14.0. The molecule has 366 valence electrons. The van der Waals surface area contributed by atoms with Crippen LogP contribution in [-0.4, -0.2) is 22.6 Å². The van der Waals surface area contributed by atoms with Crippen LogP contribution in [0.15, 0.2) is 247 Å². The summed E-state index contributed by atoms with van der Waals surface area (Å²) in [7, 11) is 0. The zero-order chi connectivity index (χ0) is 51.6. The number of furan rings is 1. The van der Waals surface area contributed by atoms with Gasteiger partial charge in [-0.05, 0) is 133 Å². The van der Waals surface area contributed by atoms with Crippen molar-refractivity contribution in [3.05, 3.63) is 243 Å². The summed E-state index contributed by atoms with van der Waals surface area (Å²) in [4.78, 5) is 4.96. The molecule has 0 amide bonds. The Hall–Kier alpha value is -10.0. The number of thiophene rings is 1. The van der Waals surface area contributed by atoms with Gasteiger partial charge in [0.1, 0.15) is 5.58 Å². The third-order valence-electron chi connectivity index (χ3n) is 18.5. The van der Waals surface area contributed by atoms with Gasteiger partial charge in [-0.2, -0.15) is 0 Å². The predicted molar refractivity (Wildman–Crippen MR) is 339 cm³/mol. The first-order valence-electron chi connectivity index (χ1n) is 27.7. The van der Waals surface area contributed by atoms with Crippen LogP contribution in [0.1, 0.15) is 0 Å². The van der Waals surface area contributed by atoms with Gasteiger partial charge in [0.15, 0.2) is 0 Å². The van der Waals surface area contributed by atoms with E-state index in [1.807, 2.05) is 11.3 Å². The molecule has 0 unspecified atom stereocenters. The summed E-state index contributed by atoms with van der Waals surface area (Å²) in [6.07, 6.45) is 0. The highest BCUT2D eigenvalue weighted by atomic mass is 32.1. The molecule has 0 spiro atoms. The van der Waals surface area contributed by atoms with Crippen molar-refractivity contribution in [3.63, 3.8) is 0 Å². The Labute approximate surface area is 463 Å². The van der Waals surface area contributed by atoms with Crippen LogP contribution in [0.2, 0.25) is 0 Å². The molecule has 8 heteroatoms. The van der Waals surface area contributed by atoms with Crippen molar-refractivity contribution >= 4 is 177 Å². The minimum Gasteiger partial charge on any atom is -0.440 e. The van der Waals surface area contributed by atoms with Crippen molar-refractivity contribution in [1.29, 1.82) is 0 Å². The van der Waals surface area contributed by atoms with E-state index in [2.05, 4.69) is 262 Å². The molecule has 0 aliphatic carbocycles.